The van der Waals surface area contributed by atoms with Crippen molar-refractivity contribution in [3.8, 4) is 11.1 Å². The number of hydrogen-bond donors (Lipinski definition) is 0. The van der Waals surface area contributed by atoms with Crippen LogP contribution in [0.5, 0.6) is 0 Å². The van der Waals surface area contributed by atoms with Gasteiger partial charge < -0.3 is 0 Å². The number of ketones is 1. The number of halogens is 1. The second-order valence-corrected chi connectivity index (χ2v) is 10.7. The Labute approximate surface area is 228 Å². The summed E-state index contributed by atoms with van der Waals surface area (Å²) >= 11 is 0. The maximum Gasteiger partial charge on any atom is 0.154 e. The van der Waals surface area contributed by atoms with Gasteiger partial charge in [0.25, 0.3) is 0 Å². The average Bonchev–Trinajstić information content (AvgIpc) is 3.40. The summed E-state index contributed by atoms with van der Waals surface area (Å²) < 4.78 is 18.0. The number of rotatable bonds is 8. The molecule has 0 N–H and O–H groups in total. The van der Waals surface area contributed by atoms with Crippen LogP contribution < -0.4 is 0 Å². The van der Waals surface area contributed by atoms with Gasteiger partial charge in [-0.15, -0.1) is 0 Å². The lowest BCUT2D eigenvalue weighted by atomic mass is 9.85. The van der Waals surface area contributed by atoms with E-state index in [1.165, 1.54) is 6.07 Å². The number of hydrogen-bond acceptors (Lipinski definition) is 4. The van der Waals surface area contributed by atoms with Crippen molar-refractivity contribution in [2.24, 2.45) is 7.05 Å². The number of pyridine rings is 1. The summed E-state index contributed by atoms with van der Waals surface area (Å²) in [5, 5.41) is 10.2. The number of aryl methyl sites for hydroxylation is 6. The molecule has 0 aliphatic carbocycles. The van der Waals surface area contributed by atoms with Crippen LogP contribution in [0.4, 0.5) is 4.39 Å². The van der Waals surface area contributed by atoms with Gasteiger partial charge in [-0.2, -0.15) is 10.2 Å². The van der Waals surface area contributed by atoms with Crippen molar-refractivity contribution in [3.05, 3.63) is 100 Å². The van der Waals surface area contributed by atoms with Crippen molar-refractivity contribution in [1.82, 2.24) is 24.5 Å². The van der Waals surface area contributed by atoms with E-state index in [0.29, 0.717) is 6.42 Å². The fourth-order valence-electron chi connectivity index (χ4n) is 5.69. The molecule has 0 bridgehead atoms. The van der Waals surface area contributed by atoms with E-state index in [4.69, 9.17) is 10.1 Å². The number of fused-ring (bicyclic) bond motifs is 1. The molecule has 0 radical (unpaired) electrons. The number of carbonyl (C=O) groups is 1. The summed E-state index contributed by atoms with van der Waals surface area (Å²) in [5.41, 5.74) is 9.45. The van der Waals surface area contributed by atoms with E-state index in [2.05, 4.69) is 30.2 Å². The number of nitrogens with zero attached hydrogens (tertiary/aromatic N) is 5. The van der Waals surface area contributed by atoms with Crippen LogP contribution in [0.3, 0.4) is 0 Å². The van der Waals surface area contributed by atoms with Crippen molar-refractivity contribution in [1.29, 1.82) is 0 Å². The topological polar surface area (TPSA) is 65.6 Å². The van der Waals surface area contributed by atoms with Gasteiger partial charge in [0.1, 0.15) is 5.82 Å². The molecule has 3 aromatic heterocycles. The average molecular weight is 524 g/mol. The second kappa shape index (κ2) is 10.6. The molecular formula is C32H34FN5O. The third-order valence-corrected chi connectivity index (χ3v) is 7.28. The van der Waals surface area contributed by atoms with Gasteiger partial charge in [0.2, 0.25) is 0 Å². The molecule has 0 unspecified atom stereocenters. The van der Waals surface area contributed by atoms with Crippen LogP contribution >= 0.6 is 0 Å². The maximum atomic E-state index is 14.4. The molecule has 0 spiro atoms. The van der Waals surface area contributed by atoms with Crippen LogP contribution in [-0.4, -0.2) is 30.3 Å². The highest BCUT2D eigenvalue weighted by molar-refractivity contribution is 5.98. The monoisotopic (exact) mass is 523 g/mol. The molecule has 0 fully saturated rings. The predicted molar refractivity (Wildman–Crippen MR) is 152 cm³/mol. The first kappa shape index (κ1) is 26.5. The summed E-state index contributed by atoms with van der Waals surface area (Å²) in [5.74, 6) is -0.475. The van der Waals surface area contributed by atoms with Gasteiger partial charge in [0.05, 0.1) is 29.1 Å². The number of Topliss-reactive ketones (excluding diaryl/α,β-unsaturated/α-hetero) is 1. The van der Waals surface area contributed by atoms with E-state index in [9.17, 15) is 9.18 Å². The first-order valence-electron chi connectivity index (χ1n) is 13.3. The Morgan fingerprint density at radius 1 is 0.923 bits per heavy atom. The molecular weight excluding hydrogens is 489 g/mol. The van der Waals surface area contributed by atoms with Gasteiger partial charge in [0, 0.05) is 47.8 Å². The zero-order valence-electron chi connectivity index (χ0n) is 23.4. The summed E-state index contributed by atoms with van der Waals surface area (Å²) in [6, 6.07) is 15.3. The molecule has 2 aromatic carbocycles. The Balaban J connectivity index is 1.63. The van der Waals surface area contributed by atoms with E-state index in [1.807, 2.05) is 63.8 Å². The SMILES string of the molecule is Cc1cc(F)cc(C[C@H](CC(=O)Cn2ccc(C)n2)c2nc(C)ccc2-c2ccc(C)c3c(C)nn(C)c23)c1. The van der Waals surface area contributed by atoms with Crippen molar-refractivity contribution in [2.75, 3.05) is 0 Å². The Hall–Kier alpha value is -4.13. The van der Waals surface area contributed by atoms with Crippen LogP contribution in [0.25, 0.3) is 22.0 Å². The van der Waals surface area contributed by atoms with Crippen molar-refractivity contribution in [2.45, 2.75) is 59.9 Å². The highest BCUT2D eigenvalue weighted by atomic mass is 19.1. The molecule has 5 aromatic rings. The Morgan fingerprint density at radius 3 is 2.41 bits per heavy atom. The normalized spacial score (nSPS) is 12.3. The van der Waals surface area contributed by atoms with Gasteiger partial charge >= 0.3 is 0 Å². The molecule has 7 heteroatoms. The highest BCUT2D eigenvalue weighted by Crippen LogP contribution is 2.38. The van der Waals surface area contributed by atoms with E-state index >= 15 is 0 Å². The van der Waals surface area contributed by atoms with Crippen LogP contribution in [0.1, 0.15) is 51.8 Å². The zero-order chi connectivity index (χ0) is 27.8. The minimum Gasteiger partial charge on any atom is -0.298 e. The van der Waals surface area contributed by atoms with Gasteiger partial charge in [-0.05, 0) is 82.0 Å². The third kappa shape index (κ3) is 5.53. The quantitative estimate of drug-likeness (QED) is 0.233. The zero-order valence-corrected chi connectivity index (χ0v) is 23.4. The Morgan fingerprint density at radius 2 is 1.69 bits per heavy atom. The smallest absolute Gasteiger partial charge is 0.154 e. The van der Waals surface area contributed by atoms with E-state index < -0.39 is 0 Å². The van der Waals surface area contributed by atoms with Gasteiger partial charge in [0.15, 0.2) is 5.78 Å². The van der Waals surface area contributed by atoms with E-state index in [0.717, 1.165) is 61.5 Å². The molecule has 1 atom stereocenters. The molecule has 0 saturated heterocycles. The van der Waals surface area contributed by atoms with Gasteiger partial charge in [-0.3, -0.25) is 19.1 Å². The maximum absolute atomic E-state index is 14.4. The van der Waals surface area contributed by atoms with Crippen LogP contribution in [-0.2, 0) is 24.8 Å². The lowest BCUT2D eigenvalue weighted by Gasteiger charge is -2.21. The van der Waals surface area contributed by atoms with Crippen LogP contribution in [0, 0.1) is 40.4 Å². The number of aromatic nitrogens is 5. The first-order valence-corrected chi connectivity index (χ1v) is 13.3. The minimum absolute atomic E-state index is 0.0518. The van der Waals surface area contributed by atoms with Crippen molar-refractivity contribution < 1.29 is 9.18 Å². The predicted octanol–water partition coefficient (Wildman–Crippen LogP) is 6.50. The fourth-order valence-corrected chi connectivity index (χ4v) is 5.69. The van der Waals surface area contributed by atoms with E-state index in [-0.39, 0.29) is 30.5 Å². The van der Waals surface area contributed by atoms with E-state index in [1.54, 1.807) is 10.7 Å². The minimum atomic E-state index is -0.273. The largest absolute Gasteiger partial charge is 0.298 e. The summed E-state index contributed by atoms with van der Waals surface area (Å²) in [6.07, 6.45) is 2.57. The highest BCUT2D eigenvalue weighted by Gasteiger charge is 2.25. The number of benzene rings is 2. The first-order chi connectivity index (χ1) is 18.6. The van der Waals surface area contributed by atoms with Crippen LogP contribution in [0.2, 0.25) is 0 Å². The molecule has 6 nitrogen and oxygen atoms in total. The molecule has 0 aliphatic heterocycles. The van der Waals surface area contributed by atoms with Gasteiger partial charge in [-0.25, -0.2) is 4.39 Å². The van der Waals surface area contributed by atoms with Gasteiger partial charge in [-0.1, -0.05) is 24.3 Å². The molecule has 5 rings (SSSR count). The molecule has 3 heterocycles. The Bertz CT molecular complexity index is 1680. The third-order valence-electron chi connectivity index (χ3n) is 7.28. The molecule has 0 aliphatic rings. The molecule has 0 saturated carbocycles. The lowest BCUT2D eigenvalue weighted by molar-refractivity contribution is -0.120. The van der Waals surface area contributed by atoms with Crippen molar-refractivity contribution in [3.63, 3.8) is 0 Å². The summed E-state index contributed by atoms with van der Waals surface area (Å²) in [7, 11) is 1.96. The summed E-state index contributed by atoms with van der Waals surface area (Å²) in [6.45, 7) is 10.1. The fraction of sp³-hybridized carbons (Fsp3) is 0.312. The van der Waals surface area contributed by atoms with Crippen LogP contribution in [0.15, 0.2) is 54.7 Å². The lowest BCUT2D eigenvalue weighted by Crippen LogP contribution is -2.17. The molecule has 39 heavy (non-hydrogen) atoms. The standard InChI is InChI=1S/C32H34FN5O/c1-19-13-24(16-26(33)14-19)15-25(17-27(39)18-38-12-11-22(4)35-38)31-28(10-8-21(3)34-31)29-9-7-20(2)30-23(5)36-37(6)32(29)30/h7-14,16,25H,15,17-18H2,1-6H3/t25-/m1/s1. The number of carbonyl (C=O) groups excluding carboxylic acids is 1. The molecule has 200 valence electrons. The molecule has 0 amide bonds. The van der Waals surface area contributed by atoms with Crippen molar-refractivity contribution >= 4 is 16.7 Å². The Kier molecular flexibility index (Phi) is 7.17. The second-order valence-electron chi connectivity index (χ2n) is 10.7. The summed E-state index contributed by atoms with van der Waals surface area (Å²) in [4.78, 5) is 18.4.